The van der Waals surface area contributed by atoms with Crippen molar-refractivity contribution >= 4 is 24.2 Å². The molecule has 1 heterocycles. The first kappa shape index (κ1) is 18.3. The molecule has 0 radical (unpaired) electrons. The Hall–Kier alpha value is -1.73. The van der Waals surface area contributed by atoms with Gasteiger partial charge in [0.2, 0.25) is 5.91 Å². The van der Waals surface area contributed by atoms with Gasteiger partial charge in [0.05, 0.1) is 6.54 Å². The first-order chi connectivity index (χ1) is 9.99. The van der Waals surface area contributed by atoms with Crippen LogP contribution in [0.2, 0.25) is 0 Å². The molecule has 2 amide bonds. The van der Waals surface area contributed by atoms with Gasteiger partial charge < -0.3 is 15.1 Å². The van der Waals surface area contributed by atoms with Crippen LogP contribution in [0.5, 0.6) is 0 Å². The number of carbonyl (C=O) groups is 2. The van der Waals surface area contributed by atoms with Crippen LogP contribution in [0, 0.1) is 11.6 Å². The van der Waals surface area contributed by atoms with Crippen molar-refractivity contribution in [1.82, 2.24) is 15.1 Å². The highest BCUT2D eigenvalue weighted by atomic mass is 35.5. The van der Waals surface area contributed by atoms with E-state index in [0.29, 0.717) is 13.1 Å². The number of hydrogen-bond acceptors (Lipinski definition) is 3. The minimum atomic E-state index is -1.08. The van der Waals surface area contributed by atoms with Crippen LogP contribution in [0.3, 0.4) is 0 Å². The molecule has 1 aromatic carbocycles. The van der Waals surface area contributed by atoms with Gasteiger partial charge in [0.15, 0.2) is 11.6 Å². The lowest BCUT2D eigenvalue weighted by molar-refractivity contribution is -0.132. The molecule has 0 bridgehead atoms. The van der Waals surface area contributed by atoms with Gasteiger partial charge in [-0.15, -0.1) is 12.4 Å². The largest absolute Gasteiger partial charge is 0.339 e. The van der Waals surface area contributed by atoms with Gasteiger partial charge in [-0.3, -0.25) is 9.59 Å². The van der Waals surface area contributed by atoms with Crippen LogP contribution in [0.15, 0.2) is 18.2 Å². The Morgan fingerprint density at radius 3 is 2.45 bits per heavy atom. The molecule has 1 N–H and O–H groups in total. The Labute approximate surface area is 133 Å². The lowest BCUT2D eigenvalue weighted by atomic mass is 10.2. The Morgan fingerprint density at radius 2 is 1.86 bits per heavy atom. The van der Waals surface area contributed by atoms with Gasteiger partial charge in [-0.05, 0) is 18.2 Å². The average Bonchev–Trinajstić information content (AvgIpc) is 2.50. The monoisotopic (exact) mass is 333 g/mol. The summed E-state index contributed by atoms with van der Waals surface area (Å²) >= 11 is 0. The van der Waals surface area contributed by atoms with Gasteiger partial charge in [-0.25, -0.2) is 8.78 Å². The summed E-state index contributed by atoms with van der Waals surface area (Å²) in [6.07, 6.45) is 0. The number of carbonyl (C=O) groups excluding carboxylic acids is 2. The molecule has 1 aromatic rings. The number of hydrogen-bond donors (Lipinski definition) is 1. The third-order valence-electron chi connectivity index (χ3n) is 3.36. The zero-order valence-corrected chi connectivity index (χ0v) is 13.0. The highest BCUT2D eigenvalue weighted by Gasteiger charge is 2.21. The molecular formula is C14H18ClF2N3O2. The fraction of sp³-hybridized carbons (Fsp3) is 0.429. The molecular weight excluding hydrogens is 316 g/mol. The predicted octanol–water partition coefficient (Wildman–Crippen LogP) is 0.890. The second-order valence-electron chi connectivity index (χ2n) is 4.92. The zero-order valence-electron chi connectivity index (χ0n) is 12.1. The van der Waals surface area contributed by atoms with E-state index in [9.17, 15) is 18.4 Å². The van der Waals surface area contributed by atoms with Crippen molar-refractivity contribution < 1.29 is 18.4 Å². The van der Waals surface area contributed by atoms with Crippen LogP contribution in [0.1, 0.15) is 10.4 Å². The second-order valence-corrected chi connectivity index (χ2v) is 4.92. The van der Waals surface area contributed by atoms with E-state index >= 15 is 0 Å². The first-order valence-electron chi connectivity index (χ1n) is 6.68. The van der Waals surface area contributed by atoms with E-state index in [1.165, 1.54) is 18.0 Å². The molecule has 1 saturated heterocycles. The number of likely N-dealkylation sites (N-methyl/N-ethyl adjacent to an activating group) is 1. The fourth-order valence-corrected chi connectivity index (χ4v) is 2.14. The van der Waals surface area contributed by atoms with Gasteiger partial charge in [-0.1, -0.05) is 0 Å². The molecule has 1 aliphatic heterocycles. The van der Waals surface area contributed by atoms with E-state index in [2.05, 4.69) is 5.32 Å². The van der Waals surface area contributed by atoms with Crippen LogP contribution in [-0.4, -0.2) is 61.4 Å². The molecule has 1 fully saturated rings. The van der Waals surface area contributed by atoms with Crippen LogP contribution in [0.4, 0.5) is 8.78 Å². The van der Waals surface area contributed by atoms with Crippen molar-refractivity contribution in [2.45, 2.75) is 0 Å². The SMILES string of the molecule is CN(CC(=O)N1CCNCC1)C(=O)c1ccc(F)c(F)c1.Cl. The summed E-state index contributed by atoms with van der Waals surface area (Å²) < 4.78 is 26.0. The minimum Gasteiger partial charge on any atom is -0.339 e. The number of rotatable bonds is 3. The van der Waals surface area contributed by atoms with Gasteiger partial charge in [0.25, 0.3) is 5.91 Å². The summed E-state index contributed by atoms with van der Waals surface area (Å²) in [4.78, 5) is 27.0. The predicted molar refractivity (Wildman–Crippen MR) is 80.0 cm³/mol. The number of benzene rings is 1. The maximum absolute atomic E-state index is 13.1. The number of halogens is 3. The smallest absolute Gasteiger partial charge is 0.254 e. The Morgan fingerprint density at radius 1 is 1.23 bits per heavy atom. The summed E-state index contributed by atoms with van der Waals surface area (Å²) in [6, 6.07) is 2.94. The van der Waals surface area contributed by atoms with Crippen LogP contribution < -0.4 is 5.32 Å². The molecule has 0 spiro atoms. The van der Waals surface area contributed by atoms with Crippen molar-refractivity contribution in [2.75, 3.05) is 39.8 Å². The van der Waals surface area contributed by atoms with E-state index in [0.717, 1.165) is 25.2 Å². The van der Waals surface area contributed by atoms with Crippen molar-refractivity contribution in [2.24, 2.45) is 0 Å². The van der Waals surface area contributed by atoms with Crippen LogP contribution in [0.25, 0.3) is 0 Å². The minimum absolute atomic E-state index is 0. The van der Waals surface area contributed by atoms with Crippen molar-refractivity contribution in [1.29, 1.82) is 0 Å². The fourth-order valence-electron chi connectivity index (χ4n) is 2.14. The van der Waals surface area contributed by atoms with Gasteiger partial charge in [-0.2, -0.15) is 0 Å². The first-order valence-corrected chi connectivity index (χ1v) is 6.68. The van der Waals surface area contributed by atoms with E-state index in [4.69, 9.17) is 0 Å². The van der Waals surface area contributed by atoms with Crippen LogP contribution >= 0.6 is 12.4 Å². The maximum Gasteiger partial charge on any atom is 0.254 e. The standard InChI is InChI=1S/C14H17F2N3O2.ClH/c1-18(9-13(20)19-6-4-17-5-7-19)14(21)10-2-3-11(15)12(16)8-10;/h2-3,8,17H,4-7,9H2,1H3;1H. The Bertz CT molecular complexity index is 551. The summed E-state index contributed by atoms with van der Waals surface area (Å²) in [5.74, 6) is -2.76. The van der Waals surface area contributed by atoms with Gasteiger partial charge >= 0.3 is 0 Å². The normalized spacial score (nSPS) is 14.2. The Kier molecular flexibility index (Phi) is 6.70. The molecule has 0 aliphatic carbocycles. The number of piperazine rings is 1. The summed E-state index contributed by atoms with van der Waals surface area (Å²) in [7, 11) is 1.46. The summed E-state index contributed by atoms with van der Waals surface area (Å²) in [5, 5.41) is 3.13. The average molecular weight is 334 g/mol. The molecule has 5 nitrogen and oxygen atoms in total. The molecule has 0 atom stereocenters. The third-order valence-corrected chi connectivity index (χ3v) is 3.36. The molecule has 0 unspecified atom stereocenters. The van der Waals surface area contributed by atoms with Gasteiger partial charge in [0.1, 0.15) is 0 Å². The highest BCUT2D eigenvalue weighted by molar-refractivity contribution is 5.96. The third kappa shape index (κ3) is 4.38. The molecule has 122 valence electrons. The molecule has 0 saturated carbocycles. The second kappa shape index (κ2) is 8.05. The number of nitrogens with zero attached hydrogens (tertiary/aromatic N) is 2. The van der Waals surface area contributed by atoms with Crippen LogP contribution in [-0.2, 0) is 4.79 Å². The van der Waals surface area contributed by atoms with Crippen molar-refractivity contribution in [3.63, 3.8) is 0 Å². The maximum atomic E-state index is 13.1. The van der Waals surface area contributed by atoms with Crippen molar-refractivity contribution in [3.05, 3.63) is 35.4 Å². The molecule has 22 heavy (non-hydrogen) atoms. The van der Waals surface area contributed by atoms with E-state index in [-0.39, 0.29) is 30.4 Å². The Balaban J connectivity index is 0.00000242. The quantitative estimate of drug-likeness (QED) is 0.894. The van der Waals surface area contributed by atoms with E-state index < -0.39 is 17.5 Å². The van der Waals surface area contributed by atoms with Crippen molar-refractivity contribution in [3.8, 4) is 0 Å². The van der Waals surface area contributed by atoms with E-state index in [1.807, 2.05) is 0 Å². The number of nitrogens with one attached hydrogen (secondary N) is 1. The lowest BCUT2D eigenvalue weighted by Gasteiger charge is -2.29. The zero-order chi connectivity index (χ0) is 15.4. The van der Waals surface area contributed by atoms with Gasteiger partial charge in [0, 0.05) is 38.8 Å². The molecule has 8 heteroatoms. The molecule has 1 aliphatic rings. The lowest BCUT2D eigenvalue weighted by Crippen LogP contribution is -2.49. The molecule has 0 aromatic heterocycles. The topological polar surface area (TPSA) is 52.7 Å². The number of amides is 2. The summed E-state index contributed by atoms with van der Waals surface area (Å²) in [5.41, 5.74) is 0.0181. The van der Waals surface area contributed by atoms with E-state index in [1.54, 1.807) is 4.90 Å². The molecule has 2 rings (SSSR count). The highest BCUT2D eigenvalue weighted by Crippen LogP contribution is 2.10. The summed E-state index contributed by atoms with van der Waals surface area (Å²) in [6.45, 7) is 2.58.